The highest BCUT2D eigenvalue weighted by atomic mass is 19.3. The molecule has 8 nitrogen and oxygen atoms in total. The number of ether oxygens (including phenoxy) is 3. The molecule has 0 spiro atoms. The minimum absolute atomic E-state index is 0.0300. The molecule has 2 saturated carbocycles. The van der Waals surface area contributed by atoms with Gasteiger partial charge in [0.1, 0.15) is 18.8 Å². The van der Waals surface area contributed by atoms with Gasteiger partial charge in [0.05, 0.1) is 17.0 Å². The molecule has 0 aliphatic heterocycles. The molecular formula is C21H28F4N4O4. The predicted octanol–water partition coefficient (Wildman–Crippen LogP) is 4.92. The van der Waals surface area contributed by atoms with Gasteiger partial charge in [-0.25, -0.2) is 27.5 Å². The van der Waals surface area contributed by atoms with Gasteiger partial charge in [-0.2, -0.15) is 9.78 Å². The lowest BCUT2D eigenvalue weighted by Gasteiger charge is -2.18. The van der Waals surface area contributed by atoms with Crippen LogP contribution in [0.3, 0.4) is 0 Å². The van der Waals surface area contributed by atoms with Crippen molar-refractivity contribution in [1.82, 2.24) is 20.0 Å². The first-order chi connectivity index (χ1) is 15.1. The normalized spacial score (nSPS) is 26.6. The maximum atomic E-state index is 13.0. The number of nitrogens with one attached hydrogen (secondary N) is 1. The van der Waals surface area contributed by atoms with E-state index in [2.05, 4.69) is 15.3 Å². The highest BCUT2D eigenvalue weighted by Gasteiger charge is 2.69. The molecule has 0 bridgehead atoms. The van der Waals surface area contributed by atoms with Crippen LogP contribution in [0.1, 0.15) is 47.5 Å². The van der Waals surface area contributed by atoms with Gasteiger partial charge in [0.25, 0.3) is 11.8 Å². The second kappa shape index (κ2) is 8.21. The van der Waals surface area contributed by atoms with Gasteiger partial charge in [-0.05, 0) is 20.8 Å². The minimum Gasteiger partial charge on any atom is -0.477 e. The van der Waals surface area contributed by atoms with E-state index in [1.54, 1.807) is 26.8 Å². The molecule has 2 aromatic heterocycles. The summed E-state index contributed by atoms with van der Waals surface area (Å²) >= 11 is 0. The monoisotopic (exact) mass is 476 g/mol. The predicted molar refractivity (Wildman–Crippen MR) is 109 cm³/mol. The fraction of sp³-hybridized carbons (Fsp3) is 0.667. The van der Waals surface area contributed by atoms with E-state index < -0.39 is 34.4 Å². The smallest absolute Gasteiger partial charge is 0.435 e. The molecule has 2 unspecified atom stereocenters. The number of H-pyrrole nitrogens is 1. The van der Waals surface area contributed by atoms with Crippen molar-refractivity contribution in [2.45, 2.75) is 64.9 Å². The maximum absolute atomic E-state index is 13.0. The van der Waals surface area contributed by atoms with E-state index in [0.29, 0.717) is 5.88 Å². The number of nitrogens with zero attached hydrogens (tertiary/aromatic N) is 3. The fourth-order valence-corrected chi connectivity index (χ4v) is 2.79. The van der Waals surface area contributed by atoms with Crippen LogP contribution >= 0.6 is 0 Å². The molecule has 0 saturated heterocycles. The second-order valence-electron chi connectivity index (χ2n) is 9.96. The standard InChI is InChI=1S/C13H18F2N2O3.C8H10F2N2O/c1-11(2,3)20-10(18)17-6-5-9(16-17)19-8-12(4)7-13(12,14)15;1-7(4-8(7,9)10)5-13-6-2-3-11-12-6/h5-6H,7-8H2,1-4H3;2-3H,4-5H2,1H3,(H,11,12). The minimum atomic E-state index is -2.68. The maximum Gasteiger partial charge on any atom is 0.435 e. The second-order valence-corrected chi connectivity index (χ2v) is 9.96. The molecular weight excluding hydrogens is 448 g/mol. The molecule has 184 valence electrons. The summed E-state index contributed by atoms with van der Waals surface area (Å²) in [6.07, 6.45) is 1.97. The number of hydrogen-bond donors (Lipinski definition) is 1. The summed E-state index contributed by atoms with van der Waals surface area (Å²) in [7, 11) is 0. The Labute approximate surface area is 188 Å². The third-order valence-corrected chi connectivity index (χ3v) is 5.45. The molecule has 2 heterocycles. The van der Waals surface area contributed by atoms with E-state index in [0.717, 1.165) is 4.68 Å². The van der Waals surface area contributed by atoms with Crippen LogP contribution in [-0.2, 0) is 4.74 Å². The fourth-order valence-electron chi connectivity index (χ4n) is 2.79. The Morgan fingerprint density at radius 3 is 2.06 bits per heavy atom. The summed E-state index contributed by atoms with van der Waals surface area (Å²) in [4.78, 5) is 11.7. The van der Waals surface area contributed by atoms with E-state index in [-0.39, 0.29) is 31.9 Å². The SMILES string of the molecule is CC(C)(C)OC(=O)n1ccc(OCC2(C)CC2(F)F)n1.CC1(COc2ccn[nH]2)CC1(F)F. The van der Waals surface area contributed by atoms with Crippen LogP contribution in [0.15, 0.2) is 24.5 Å². The molecule has 1 N–H and O–H groups in total. The van der Waals surface area contributed by atoms with Crippen molar-refractivity contribution in [3.63, 3.8) is 0 Å². The van der Waals surface area contributed by atoms with Crippen LogP contribution < -0.4 is 9.47 Å². The Morgan fingerprint density at radius 2 is 1.61 bits per heavy atom. The van der Waals surface area contributed by atoms with Crippen molar-refractivity contribution in [1.29, 1.82) is 0 Å². The molecule has 2 aliphatic carbocycles. The molecule has 33 heavy (non-hydrogen) atoms. The number of aromatic amines is 1. The molecule has 0 aromatic carbocycles. The summed E-state index contributed by atoms with van der Waals surface area (Å²) < 4.78 is 67.9. The average Bonchev–Trinajstić information content (AvgIpc) is 3.20. The molecule has 4 rings (SSSR count). The zero-order valence-corrected chi connectivity index (χ0v) is 19.1. The lowest BCUT2D eigenvalue weighted by Crippen LogP contribution is -2.27. The summed E-state index contributed by atoms with van der Waals surface area (Å²) in [5.41, 5.74) is -2.76. The van der Waals surface area contributed by atoms with E-state index in [1.165, 1.54) is 32.3 Å². The molecule has 12 heteroatoms. The van der Waals surface area contributed by atoms with Gasteiger partial charge in [-0.1, -0.05) is 13.8 Å². The van der Waals surface area contributed by atoms with Crippen molar-refractivity contribution in [3.8, 4) is 11.8 Å². The van der Waals surface area contributed by atoms with E-state index in [1.807, 2.05) is 0 Å². The van der Waals surface area contributed by atoms with Crippen molar-refractivity contribution < 1.29 is 36.6 Å². The van der Waals surface area contributed by atoms with Crippen LogP contribution in [0.2, 0.25) is 0 Å². The third kappa shape index (κ3) is 5.97. The summed E-state index contributed by atoms with van der Waals surface area (Å²) in [6.45, 7) is 8.08. The van der Waals surface area contributed by atoms with Gasteiger partial charge < -0.3 is 14.2 Å². The van der Waals surface area contributed by atoms with Crippen LogP contribution in [0.5, 0.6) is 11.8 Å². The van der Waals surface area contributed by atoms with Crippen LogP contribution in [0, 0.1) is 10.8 Å². The van der Waals surface area contributed by atoms with E-state index in [4.69, 9.17) is 14.2 Å². The largest absolute Gasteiger partial charge is 0.477 e. The number of alkyl halides is 4. The van der Waals surface area contributed by atoms with Gasteiger partial charge in [-0.15, -0.1) is 5.10 Å². The van der Waals surface area contributed by atoms with Gasteiger partial charge in [-0.3, -0.25) is 0 Å². The lowest BCUT2D eigenvalue weighted by atomic mass is 10.1. The number of hydrogen-bond acceptors (Lipinski definition) is 6. The van der Waals surface area contributed by atoms with Gasteiger partial charge in [0.15, 0.2) is 0 Å². The Kier molecular flexibility index (Phi) is 6.18. The van der Waals surface area contributed by atoms with Crippen LogP contribution in [0.25, 0.3) is 0 Å². The van der Waals surface area contributed by atoms with Crippen molar-refractivity contribution in [3.05, 3.63) is 24.5 Å². The van der Waals surface area contributed by atoms with Gasteiger partial charge in [0.2, 0.25) is 11.8 Å². The molecule has 0 amide bonds. The first-order valence-corrected chi connectivity index (χ1v) is 10.4. The zero-order chi connectivity index (χ0) is 24.7. The average molecular weight is 476 g/mol. The van der Waals surface area contributed by atoms with Crippen LogP contribution in [0.4, 0.5) is 22.4 Å². The topological polar surface area (TPSA) is 91.3 Å². The molecule has 2 atom stereocenters. The Hall–Kier alpha value is -2.79. The Bertz CT molecular complexity index is 973. The summed E-state index contributed by atoms with van der Waals surface area (Å²) in [5, 5.41) is 10.0. The summed E-state index contributed by atoms with van der Waals surface area (Å²) in [6, 6.07) is 3.04. The highest BCUT2D eigenvalue weighted by molar-refractivity contribution is 5.69. The van der Waals surface area contributed by atoms with Crippen molar-refractivity contribution in [2.75, 3.05) is 13.2 Å². The Morgan fingerprint density at radius 1 is 1.06 bits per heavy atom. The number of aromatic nitrogens is 4. The number of halogens is 4. The molecule has 0 radical (unpaired) electrons. The van der Waals surface area contributed by atoms with Crippen molar-refractivity contribution in [2.24, 2.45) is 10.8 Å². The van der Waals surface area contributed by atoms with Gasteiger partial charge >= 0.3 is 6.09 Å². The first kappa shape index (κ1) is 24.8. The number of carbonyl (C=O) groups excluding carboxylic acids is 1. The molecule has 2 aliphatic rings. The molecule has 2 aromatic rings. The number of carbonyl (C=O) groups is 1. The third-order valence-electron chi connectivity index (χ3n) is 5.45. The highest BCUT2D eigenvalue weighted by Crippen LogP contribution is 2.60. The summed E-state index contributed by atoms with van der Waals surface area (Å²) in [5.74, 6) is -4.68. The number of rotatable bonds is 6. The van der Waals surface area contributed by atoms with Crippen molar-refractivity contribution >= 4 is 6.09 Å². The zero-order valence-electron chi connectivity index (χ0n) is 19.1. The lowest BCUT2D eigenvalue weighted by molar-refractivity contribution is 0.0462. The first-order valence-electron chi connectivity index (χ1n) is 10.4. The van der Waals surface area contributed by atoms with E-state index >= 15 is 0 Å². The molecule has 2 fully saturated rings. The Balaban J connectivity index is 0.000000203. The van der Waals surface area contributed by atoms with Crippen LogP contribution in [-0.4, -0.2) is 56.7 Å². The van der Waals surface area contributed by atoms with E-state index in [9.17, 15) is 22.4 Å². The van der Waals surface area contributed by atoms with Gasteiger partial charge in [0, 0.05) is 31.2 Å². The quantitative estimate of drug-likeness (QED) is 0.595.